The van der Waals surface area contributed by atoms with E-state index in [0.717, 1.165) is 30.4 Å². The Morgan fingerprint density at radius 2 is 2.00 bits per heavy atom. The van der Waals surface area contributed by atoms with Crippen LogP contribution in [0.5, 0.6) is 0 Å². The standard InChI is InChI=1S/C19H25N5O2/c1-14-5-6-16(22(14)2)18(25)24-11-12-26-17(13-24)15-7-8-20-19(21-15)23-9-3-4-10-23/h5-8,17H,3-4,9-13H2,1-2H3/t17-/m0/s1. The highest BCUT2D eigenvalue weighted by molar-refractivity contribution is 5.93. The van der Waals surface area contributed by atoms with Crippen LogP contribution in [0, 0.1) is 6.92 Å². The number of hydrogen-bond acceptors (Lipinski definition) is 5. The number of aryl methyl sites for hydroxylation is 1. The fraction of sp³-hybridized carbons (Fsp3) is 0.526. The zero-order valence-electron chi connectivity index (χ0n) is 15.4. The monoisotopic (exact) mass is 355 g/mol. The molecule has 0 bridgehead atoms. The normalized spacial score (nSPS) is 20.6. The smallest absolute Gasteiger partial charge is 0.270 e. The van der Waals surface area contributed by atoms with Gasteiger partial charge in [0, 0.05) is 38.6 Å². The average Bonchev–Trinajstić information content (AvgIpc) is 3.33. The Morgan fingerprint density at radius 1 is 1.19 bits per heavy atom. The van der Waals surface area contributed by atoms with E-state index < -0.39 is 0 Å². The van der Waals surface area contributed by atoms with Gasteiger partial charge in [-0.15, -0.1) is 0 Å². The number of aromatic nitrogens is 3. The van der Waals surface area contributed by atoms with E-state index in [9.17, 15) is 4.79 Å². The van der Waals surface area contributed by atoms with E-state index in [1.807, 2.05) is 41.6 Å². The van der Waals surface area contributed by atoms with Gasteiger partial charge in [0.05, 0.1) is 18.8 Å². The van der Waals surface area contributed by atoms with Gasteiger partial charge in [-0.05, 0) is 38.0 Å². The van der Waals surface area contributed by atoms with Crippen LogP contribution in [-0.4, -0.2) is 58.1 Å². The topological polar surface area (TPSA) is 63.5 Å². The summed E-state index contributed by atoms with van der Waals surface area (Å²) in [5, 5.41) is 0. The highest BCUT2D eigenvalue weighted by Gasteiger charge is 2.29. The van der Waals surface area contributed by atoms with Crippen molar-refractivity contribution in [1.82, 2.24) is 19.4 Å². The number of morpholine rings is 1. The van der Waals surface area contributed by atoms with Crippen molar-refractivity contribution in [1.29, 1.82) is 0 Å². The fourth-order valence-electron chi connectivity index (χ4n) is 3.61. The zero-order valence-corrected chi connectivity index (χ0v) is 15.4. The largest absolute Gasteiger partial charge is 0.368 e. The maximum atomic E-state index is 12.9. The third-order valence-corrected chi connectivity index (χ3v) is 5.33. The lowest BCUT2D eigenvalue weighted by atomic mass is 10.2. The SMILES string of the molecule is Cc1ccc(C(=O)N2CCO[C@H](c3ccnc(N4CCCC4)n3)C2)n1C. The van der Waals surface area contributed by atoms with Crippen LogP contribution in [0.3, 0.4) is 0 Å². The molecule has 138 valence electrons. The van der Waals surface area contributed by atoms with Crippen LogP contribution in [0.4, 0.5) is 5.95 Å². The van der Waals surface area contributed by atoms with Gasteiger partial charge >= 0.3 is 0 Å². The molecule has 26 heavy (non-hydrogen) atoms. The Kier molecular flexibility index (Phi) is 4.63. The van der Waals surface area contributed by atoms with Crippen LogP contribution < -0.4 is 4.90 Å². The summed E-state index contributed by atoms with van der Waals surface area (Å²) >= 11 is 0. The first-order chi connectivity index (χ1) is 12.6. The molecule has 2 saturated heterocycles. The number of carbonyl (C=O) groups excluding carboxylic acids is 1. The summed E-state index contributed by atoms with van der Waals surface area (Å²) in [7, 11) is 1.92. The predicted octanol–water partition coefficient (Wildman–Crippen LogP) is 1.94. The van der Waals surface area contributed by atoms with Crippen molar-refractivity contribution in [2.24, 2.45) is 7.05 Å². The lowest BCUT2D eigenvalue weighted by Crippen LogP contribution is -2.43. The summed E-state index contributed by atoms with van der Waals surface area (Å²) in [6, 6.07) is 5.75. The molecule has 2 fully saturated rings. The van der Waals surface area contributed by atoms with Gasteiger partial charge < -0.3 is 19.1 Å². The van der Waals surface area contributed by atoms with Gasteiger partial charge in [0.15, 0.2) is 0 Å². The molecule has 2 aliphatic heterocycles. The summed E-state index contributed by atoms with van der Waals surface area (Å²) < 4.78 is 7.86. The third kappa shape index (κ3) is 3.19. The van der Waals surface area contributed by atoms with Gasteiger partial charge in [0.25, 0.3) is 5.91 Å². The van der Waals surface area contributed by atoms with Crippen molar-refractivity contribution < 1.29 is 9.53 Å². The van der Waals surface area contributed by atoms with Gasteiger partial charge in [0.2, 0.25) is 5.95 Å². The minimum Gasteiger partial charge on any atom is -0.368 e. The van der Waals surface area contributed by atoms with Crippen LogP contribution in [-0.2, 0) is 11.8 Å². The number of ether oxygens (including phenoxy) is 1. The van der Waals surface area contributed by atoms with Crippen LogP contribution in [0.1, 0.15) is 40.8 Å². The second-order valence-electron chi connectivity index (χ2n) is 7.01. The van der Waals surface area contributed by atoms with Crippen molar-refractivity contribution in [2.45, 2.75) is 25.9 Å². The quantitative estimate of drug-likeness (QED) is 0.842. The predicted molar refractivity (Wildman–Crippen MR) is 98.2 cm³/mol. The van der Waals surface area contributed by atoms with E-state index in [0.29, 0.717) is 25.4 Å². The Hall–Kier alpha value is -2.41. The van der Waals surface area contributed by atoms with Crippen molar-refractivity contribution in [3.05, 3.63) is 41.5 Å². The zero-order chi connectivity index (χ0) is 18.1. The number of nitrogens with zero attached hydrogens (tertiary/aromatic N) is 5. The molecular formula is C19H25N5O2. The van der Waals surface area contributed by atoms with Crippen molar-refractivity contribution >= 4 is 11.9 Å². The maximum Gasteiger partial charge on any atom is 0.270 e. The minimum absolute atomic E-state index is 0.0442. The summed E-state index contributed by atoms with van der Waals surface area (Å²) in [6.07, 6.45) is 3.96. The third-order valence-electron chi connectivity index (χ3n) is 5.33. The van der Waals surface area contributed by atoms with Crippen LogP contribution >= 0.6 is 0 Å². The minimum atomic E-state index is -0.210. The Morgan fingerprint density at radius 3 is 2.73 bits per heavy atom. The highest BCUT2D eigenvalue weighted by Crippen LogP contribution is 2.24. The molecule has 0 radical (unpaired) electrons. The van der Waals surface area contributed by atoms with E-state index >= 15 is 0 Å². The molecule has 2 aromatic heterocycles. The Bertz CT molecular complexity index is 797. The average molecular weight is 355 g/mol. The summed E-state index contributed by atoms with van der Waals surface area (Å²) in [5.74, 6) is 0.813. The maximum absolute atomic E-state index is 12.9. The van der Waals surface area contributed by atoms with Crippen LogP contribution in [0.25, 0.3) is 0 Å². The van der Waals surface area contributed by atoms with Gasteiger partial charge in [0.1, 0.15) is 11.8 Å². The molecule has 2 aromatic rings. The van der Waals surface area contributed by atoms with Crippen molar-refractivity contribution in [3.63, 3.8) is 0 Å². The van der Waals surface area contributed by atoms with E-state index in [4.69, 9.17) is 9.72 Å². The summed E-state index contributed by atoms with van der Waals surface area (Å²) in [4.78, 5) is 26.1. The first-order valence-corrected chi connectivity index (χ1v) is 9.24. The second-order valence-corrected chi connectivity index (χ2v) is 7.01. The number of anilines is 1. The molecule has 0 aromatic carbocycles. The number of carbonyl (C=O) groups is 1. The molecule has 0 N–H and O–H groups in total. The van der Waals surface area contributed by atoms with Gasteiger partial charge in [-0.2, -0.15) is 0 Å². The fourth-order valence-corrected chi connectivity index (χ4v) is 3.61. The lowest BCUT2D eigenvalue weighted by Gasteiger charge is -2.33. The molecular weight excluding hydrogens is 330 g/mol. The first kappa shape index (κ1) is 17.0. The van der Waals surface area contributed by atoms with Crippen molar-refractivity contribution in [3.8, 4) is 0 Å². The van der Waals surface area contributed by atoms with Crippen LogP contribution in [0.15, 0.2) is 24.4 Å². The molecule has 0 unspecified atom stereocenters. The molecule has 1 amide bonds. The first-order valence-electron chi connectivity index (χ1n) is 9.24. The molecule has 2 aliphatic rings. The summed E-state index contributed by atoms with van der Waals surface area (Å²) in [6.45, 7) is 5.64. The lowest BCUT2D eigenvalue weighted by molar-refractivity contribution is -0.0250. The van der Waals surface area contributed by atoms with Gasteiger partial charge in [-0.25, -0.2) is 9.97 Å². The van der Waals surface area contributed by atoms with Crippen LogP contribution in [0.2, 0.25) is 0 Å². The highest BCUT2D eigenvalue weighted by atomic mass is 16.5. The van der Waals surface area contributed by atoms with E-state index in [1.54, 1.807) is 6.20 Å². The molecule has 0 spiro atoms. The van der Waals surface area contributed by atoms with Gasteiger partial charge in [-0.1, -0.05) is 0 Å². The summed E-state index contributed by atoms with van der Waals surface area (Å²) in [5.41, 5.74) is 2.63. The molecule has 4 heterocycles. The molecule has 4 rings (SSSR count). The Balaban J connectivity index is 1.51. The van der Waals surface area contributed by atoms with E-state index in [1.165, 1.54) is 12.8 Å². The van der Waals surface area contributed by atoms with Gasteiger partial charge in [-0.3, -0.25) is 4.79 Å². The van der Waals surface area contributed by atoms with E-state index in [-0.39, 0.29) is 12.0 Å². The molecule has 0 saturated carbocycles. The van der Waals surface area contributed by atoms with E-state index in [2.05, 4.69) is 9.88 Å². The number of amides is 1. The molecule has 1 atom stereocenters. The molecule has 0 aliphatic carbocycles. The second kappa shape index (κ2) is 7.07. The number of hydrogen-bond donors (Lipinski definition) is 0. The number of rotatable bonds is 3. The molecule has 7 heteroatoms. The van der Waals surface area contributed by atoms with Crippen molar-refractivity contribution in [2.75, 3.05) is 37.7 Å². The Labute approximate surface area is 153 Å². The molecule has 7 nitrogen and oxygen atoms in total.